The molecule has 1 aliphatic rings. The molecule has 1 aromatic heterocycles. The SMILES string of the molecule is CC1(C)CCn2c1nc1ccccc1c2=O. The molecule has 0 saturated carbocycles. The second-order valence-corrected chi connectivity index (χ2v) is 5.04. The molecule has 3 nitrogen and oxygen atoms in total. The first-order valence-electron chi connectivity index (χ1n) is 5.60. The van der Waals surface area contributed by atoms with E-state index in [1.54, 1.807) is 0 Å². The van der Waals surface area contributed by atoms with Crippen LogP contribution in [0.2, 0.25) is 0 Å². The quantitative estimate of drug-likeness (QED) is 0.673. The van der Waals surface area contributed by atoms with Crippen LogP contribution in [0.5, 0.6) is 0 Å². The third-order valence-corrected chi connectivity index (χ3v) is 3.43. The van der Waals surface area contributed by atoms with Crippen molar-refractivity contribution in [1.82, 2.24) is 9.55 Å². The van der Waals surface area contributed by atoms with Gasteiger partial charge in [0.25, 0.3) is 5.56 Å². The van der Waals surface area contributed by atoms with Gasteiger partial charge in [0.15, 0.2) is 0 Å². The van der Waals surface area contributed by atoms with Gasteiger partial charge in [-0.15, -0.1) is 0 Å². The number of para-hydroxylation sites is 1. The van der Waals surface area contributed by atoms with Crippen LogP contribution in [-0.4, -0.2) is 9.55 Å². The highest BCUT2D eigenvalue weighted by molar-refractivity contribution is 5.77. The molecule has 3 rings (SSSR count). The van der Waals surface area contributed by atoms with E-state index < -0.39 is 0 Å². The van der Waals surface area contributed by atoms with Crippen LogP contribution in [0.4, 0.5) is 0 Å². The van der Waals surface area contributed by atoms with Gasteiger partial charge in [-0.25, -0.2) is 4.98 Å². The van der Waals surface area contributed by atoms with E-state index in [2.05, 4.69) is 18.8 Å². The first kappa shape index (κ1) is 9.58. The molecule has 0 bridgehead atoms. The molecule has 0 radical (unpaired) electrons. The number of aromatic nitrogens is 2. The molecule has 0 amide bonds. The number of nitrogens with zero attached hydrogens (tertiary/aromatic N) is 2. The molecule has 0 fully saturated rings. The third-order valence-electron chi connectivity index (χ3n) is 3.43. The lowest BCUT2D eigenvalue weighted by Crippen LogP contribution is -2.24. The number of hydrogen-bond acceptors (Lipinski definition) is 2. The summed E-state index contributed by atoms with van der Waals surface area (Å²) < 4.78 is 1.82. The average molecular weight is 214 g/mol. The summed E-state index contributed by atoms with van der Waals surface area (Å²) in [5.41, 5.74) is 0.934. The molecule has 0 N–H and O–H groups in total. The fourth-order valence-corrected chi connectivity index (χ4v) is 2.40. The Bertz CT molecular complexity index is 625. The van der Waals surface area contributed by atoms with Crippen LogP contribution >= 0.6 is 0 Å². The summed E-state index contributed by atoms with van der Waals surface area (Å²) in [5.74, 6) is 0.927. The molecule has 16 heavy (non-hydrogen) atoms. The van der Waals surface area contributed by atoms with Crippen molar-refractivity contribution >= 4 is 10.9 Å². The van der Waals surface area contributed by atoms with Gasteiger partial charge in [-0.05, 0) is 18.6 Å². The van der Waals surface area contributed by atoms with E-state index in [0.29, 0.717) is 0 Å². The summed E-state index contributed by atoms with van der Waals surface area (Å²) in [5, 5.41) is 0.726. The smallest absolute Gasteiger partial charge is 0.261 e. The van der Waals surface area contributed by atoms with E-state index in [1.165, 1.54) is 0 Å². The molecule has 82 valence electrons. The Kier molecular flexibility index (Phi) is 1.76. The highest BCUT2D eigenvalue weighted by atomic mass is 16.1. The molecule has 0 aliphatic carbocycles. The maximum absolute atomic E-state index is 12.2. The first-order valence-corrected chi connectivity index (χ1v) is 5.60. The van der Waals surface area contributed by atoms with Crippen LogP contribution in [0.1, 0.15) is 26.1 Å². The van der Waals surface area contributed by atoms with Crippen LogP contribution in [0.3, 0.4) is 0 Å². The van der Waals surface area contributed by atoms with Crippen molar-refractivity contribution in [2.75, 3.05) is 0 Å². The van der Waals surface area contributed by atoms with Crippen molar-refractivity contribution < 1.29 is 0 Å². The average Bonchev–Trinajstić information content (AvgIpc) is 2.56. The molecule has 1 aliphatic heterocycles. The van der Waals surface area contributed by atoms with E-state index in [1.807, 2.05) is 28.8 Å². The zero-order valence-electron chi connectivity index (χ0n) is 9.53. The molecule has 0 spiro atoms. The van der Waals surface area contributed by atoms with Gasteiger partial charge in [-0.2, -0.15) is 0 Å². The van der Waals surface area contributed by atoms with E-state index in [0.717, 1.165) is 29.7 Å². The van der Waals surface area contributed by atoms with Crippen molar-refractivity contribution in [3.63, 3.8) is 0 Å². The van der Waals surface area contributed by atoms with E-state index in [4.69, 9.17) is 0 Å². The zero-order chi connectivity index (χ0) is 11.3. The van der Waals surface area contributed by atoms with Crippen LogP contribution in [0, 0.1) is 0 Å². The lowest BCUT2D eigenvalue weighted by atomic mass is 9.91. The topological polar surface area (TPSA) is 34.9 Å². The normalized spacial score (nSPS) is 17.6. The predicted octanol–water partition coefficient (Wildman–Crippen LogP) is 2.08. The lowest BCUT2D eigenvalue weighted by molar-refractivity contribution is 0.510. The van der Waals surface area contributed by atoms with Crippen molar-refractivity contribution in [2.45, 2.75) is 32.2 Å². The maximum Gasteiger partial charge on any atom is 0.261 e. The van der Waals surface area contributed by atoms with Gasteiger partial charge in [-0.1, -0.05) is 26.0 Å². The van der Waals surface area contributed by atoms with Gasteiger partial charge >= 0.3 is 0 Å². The summed E-state index contributed by atoms with van der Waals surface area (Å²) in [6.45, 7) is 5.08. The molecular formula is C13H14N2O. The van der Waals surface area contributed by atoms with E-state index >= 15 is 0 Å². The molecular weight excluding hydrogens is 200 g/mol. The fraction of sp³-hybridized carbons (Fsp3) is 0.385. The van der Waals surface area contributed by atoms with Crippen LogP contribution < -0.4 is 5.56 Å². The van der Waals surface area contributed by atoms with E-state index in [9.17, 15) is 4.79 Å². The summed E-state index contributed by atoms with van der Waals surface area (Å²) >= 11 is 0. The molecule has 0 atom stereocenters. The third kappa shape index (κ3) is 1.14. The summed E-state index contributed by atoms with van der Waals surface area (Å²) in [6, 6.07) is 7.57. The Morgan fingerprint density at radius 2 is 2.06 bits per heavy atom. The number of fused-ring (bicyclic) bond motifs is 2. The lowest BCUT2D eigenvalue weighted by Gasteiger charge is -2.16. The van der Waals surface area contributed by atoms with Crippen molar-refractivity contribution in [1.29, 1.82) is 0 Å². The van der Waals surface area contributed by atoms with Gasteiger partial charge in [0, 0.05) is 12.0 Å². The Morgan fingerprint density at radius 3 is 2.88 bits per heavy atom. The second-order valence-electron chi connectivity index (χ2n) is 5.04. The largest absolute Gasteiger partial charge is 0.296 e. The number of rotatable bonds is 0. The maximum atomic E-state index is 12.2. The fourth-order valence-electron chi connectivity index (χ4n) is 2.40. The highest BCUT2D eigenvalue weighted by Crippen LogP contribution is 2.31. The zero-order valence-corrected chi connectivity index (χ0v) is 9.53. The predicted molar refractivity (Wildman–Crippen MR) is 63.6 cm³/mol. The van der Waals surface area contributed by atoms with Gasteiger partial charge < -0.3 is 0 Å². The Labute approximate surface area is 93.7 Å². The number of benzene rings is 1. The molecule has 2 heterocycles. The minimum atomic E-state index is 0.0171. The monoisotopic (exact) mass is 214 g/mol. The molecule has 0 saturated heterocycles. The summed E-state index contributed by atoms with van der Waals surface area (Å²) in [7, 11) is 0. The summed E-state index contributed by atoms with van der Waals surface area (Å²) in [4.78, 5) is 16.9. The minimum Gasteiger partial charge on any atom is -0.296 e. The van der Waals surface area contributed by atoms with Crippen molar-refractivity contribution in [3.8, 4) is 0 Å². The molecule has 1 aromatic carbocycles. The Morgan fingerprint density at radius 1 is 1.31 bits per heavy atom. The second kappa shape index (κ2) is 2.94. The molecule has 3 heteroatoms. The standard InChI is InChI=1S/C13H14N2O/c1-13(2)7-8-15-11(16)9-5-3-4-6-10(9)14-12(13)15/h3-6H,7-8H2,1-2H3. The highest BCUT2D eigenvalue weighted by Gasteiger charge is 2.32. The van der Waals surface area contributed by atoms with Crippen molar-refractivity contribution in [2.24, 2.45) is 0 Å². The van der Waals surface area contributed by atoms with Gasteiger partial charge in [-0.3, -0.25) is 9.36 Å². The van der Waals surface area contributed by atoms with Crippen LogP contribution in [0.25, 0.3) is 10.9 Å². The minimum absolute atomic E-state index is 0.0171. The van der Waals surface area contributed by atoms with E-state index in [-0.39, 0.29) is 11.0 Å². The molecule has 0 unspecified atom stereocenters. The first-order chi connectivity index (χ1) is 7.59. The van der Waals surface area contributed by atoms with Gasteiger partial charge in [0.1, 0.15) is 5.82 Å². The summed E-state index contributed by atoms with van der Waals surface area (Å²) in [6.07, 6.45) is 0.992. The Hall–Kier alpha value is -1.64. The molecule has 2 aromatic rings. The van der Waals surface area contributed by atoms with Gasteiger partial charge in [0.05, 0.1) is 10.9 Å². The van der Waals surface area contributed by atoms with Crippen LogP contribution in [0.15, 0.2) is 29.1 Å². The Balaban J connectivity index is 2.46. The van der Waals surface area contributed by atoms with Gasteiger partial charge in [0.2, 0.25) is 0 Å². The number of hydrogen-bond donors (Lipinski definition) is 0. The van der Waals surface area contributed by atoms with Crippen LogP contribution in [-0.2, 0) is 12.0 Å². The van der Waals surface area contributed by atoms with Crippen molar-refractivity contribution in [3.05, 3.63) is 40.4 Å².